The summed E-state index contributed by atoms with van der Waals surface area (Å²) in [4.78, 5) is 71.4. The second-order valence-corrected chi connectivity index (χ2v) is 23.3. The Kier molecular flexibility index (Phi) is 22.4. The number of ether oxygens (including phenoxy) is 3. The van der Waals surface area contributed by atoms with Gasteiger partial charge >= 0.3 is 27.6 Å². The quantitative estimate of drug-likeness (QED) is 0.0254. The summed E-state index contributed by atoms with van der Waals surface area (Å²) in [5, 5.41) is 51.2. The zero-order chi connectivity index (χ0) is 58.7. The van der Waals surface area contributed by atoms with Crippen molar-refractivity contribution in [3.63, 3.8) is 0 Å². The number of esters is 2. The van der Waals surface area contributed by atoms with Gasteiger partial charge in [-0.25, -0.2) is 18.7 Å². The fourth-order valence-corrected chi connectivity index (χ4v) is 10.7. The lowest BCUT2D eigenvalue weighted by molar-refractivity contribution is -0.164. The van der Waals surface area contributed by atoms with Crippen molar-refractivity contribution in [2.45, 2.75) is 138 Å². The number of allylic oxidation sites excluding steroid dienone is 20. The minimum Gasteiger partial charge on any atom is -0.505 e. The molecule has 78 heavy (non-hydrogen) atoms. The van der Waals surface area contributed by atoms with Gasteiger partial charge in [-0.1, -0.05) is 142 Å². The minimum absolute atomic E-state index is 0.0294. The fourth-order valence-electron chi connectivity index (χ4n) is 8.93. The molecule has 0 amide bonds. The maximum absolute atomic E-state index is 13.4. The molecule has 0 radical (unpaired) electrons. The molecule has 0 aromatic carbocycles. The average molecular weight is 1130 g/mol. The summed E-state index contributed by atoms with van der Waals surface area (Å²) in [7, 11) is -9.89. The first-order valence-electron chi connectivity index (χ1n) is 25.1. The van der Waals surface area contributed by atoms with Crippen LogP contribution in [0.15, 0.2) is 153 Å². The Morgan fingerprint density at radius 3 is 1.50 bits per heavy atom. The van der Waals surface area contributed by atoms with Crippen molar-refractivity contribution >= 4 is 39.2 Å². The van der Waals surface area contributed by atoms with Gasteiger partial charge in [0.15, 0.2) is 29.2 Å². The van der Waals surface area contributed by atoms with E-state index in [0.29, 0.717) is 16.7 Å². The number of rotatable bonds is 25. The second-order valence-electron chi connectivity index (χ2n) is 20.5. The van der Waals surface area contributed by atoms with E-state index in [-0.39, 0.29) is 25.9 Å². The lowest BCUT2D eigenvalue weighted by Crippen LogP contribution is -2.46. The molecule has 22 heteroatoms. The largest absolute Gasteiger partial charge is 0.505 e. The van der Waals surface area contributed by atoms with Crippen LogP contribution in [0, 0.1) is 10.8 Å². The molecule has 0 fully saturated rings. The number of hydrogen-bond acceptors (Lipinski definition) is 18. The molecule has 2 aliphatic carbocycles. The number of cyclic esters (lactones) is 2. The first-order chi connectivity index (χ1) is 36.2. The van der Waals surface area contributed by atoms with E-state index in [2.05, 4.69) is 0 Å². The van der Waals surface area contributed by atoms with Crippen LogP contribution in [0.3, 0.4) is 0 Å². The van der Waals surface area contributed by atoms with Crippen molar-refractivity contribution in [1.29, 1.82) is 0 Å². The molecular weight excluding hydrogens is 1050 g/mol. The van der Waals surface area contributed by atoms with Gasteiger partial charge < -0.3 is 49.5 Å². The van der Waals surface area contributed by atoms with E-state index >= 15 is 0 Å². The molecule has 7 N–H and O–H groups in total. The number of phosphoric acid groups is 2. The zero-order valence-corrected chi connectivity index (χ0v) is 47.8. The van der Waals surface area contributed by atoms with Crippen molar-refractivity contribution in [2.24, 2.45) is 10.8 Å². The van der Waals surface area contributed by atoms with E-state index < -0.39 is 122 Å². The molecule has 0 aromatic heterocycles. The van der Waals surface area contributed by atoms with Crippen molar-refractivity contribution in [3.8, 4) is 0 Å². The summed E-state index contributed by atoms with van der Waals surface area (Å²) in [6.45, 7) is 19.7. The van der Waals surface area contributed by atoms with Gasteiger partial charge in [-0.15, -0.1) is 0 Å². The van der Waals surface area contributed by atoms with Crippen molar-refractivity contribution in [2.75, 3.05) is 19.8 Å². The van der Waals surface area contributed by atoms with Crippen LogP contribution in [0.25, 0.3) is 0 Å². The Bertz CT molecular complexity index is 2860. The van der Waals surface area contributed by atoms with Gasteiger partial charge in [0.2, 0.25) is 17.1 Å². The van der Waals surface area contributed by atoms with Crippen LogP contribution in [0.2, 0.25) is 0 Å². The molecule has 2 heterocycles. The van der Waals surface area contributed by atoms with Crippen molar-refractivity contribution < 1.29 is 95.9 Å². The highest BCUT2D eigenvalue weighted by Gasteiger charge is 2.54. The van der Waals surface area contributed by atoms with Gasteiger partial charge in [-0.2, -0.15) is 0 Å². The van der Waals surface area contributed by atoms with Gasteiger partial charge in [-0.3, -0.25) is 27.7 Å². The van der Waals surface area contributed by atoms with Gasteiger partial charge in [-0.05, 0) is 101 Å². The highest BCUT2D eigenvalue weighted by atomic mass is 31.2. The third-order valence-corrected chi connectivity index (χ3v) is 15.3. The van der Waals surface area contributed by atoms with E-state index in [0.717, 1.165) is 27.9 Å². The van der Waals surface area contributed by atoms with E-state index in [4.69, 9.17) is 32.3 Å². The molecule has 4 unspecified atom stereocenters. The van der Waals surface area contributed by atoms with Gasteiger partial charge in [0.05, 0.1) is 19.8 Å². The van der Waals surface area contributed by atoms with E-state index in [1.54, 1.807) is 20.8 Å². The summed E-state index contributed by atoms with van der Waals surface area (Å²) < 4.78 is 61.2. The molecule has 0 saturated heterocycles. The zero-order valence-electron chi connectivity index (χ0n) is 46.0. The summed E-state index contributed by atoms with van der Waals surface area (Å²) in [5.41, 5.74) is 2.41. The molecule has 4 rings (SSSR count). The highest BCUT2D eigenvalue weighted by Crippen LogP contribution is 2.52. The van der Waals surface area contributed by atoms with Crippen LogP contribution in [-0.2, 0) is 60.6 Å². The molecule has 0 bridgehead atoms. The molecule has 0 saturated carbocycles. The number of hydrogen-bond donors (Lipinski definition) is 7. The lowest BCUT2D eigenvalue weighted by atomic mass is 9.71. The number of ketones is 2. The lowest BCUT2D eigenvalue weighted by Gasteiger charge is -2.37. The van der Waals surface area contributed by atoms with Crippen LogP contribution < -0.4 is 0 Å². The standard InChI is InChI=1S/C56H74O20P2/c1-13-56(51(63)48(62)52(64)74-56)44(58)32-72-78(68,69)76-43-30-55(11,12)40(38(8)46(43)60)28-26-36(6)24-18-22-34(4)20-16-15-19-33(3)21-17-23-35(5)25-27-39-37(7)45(59)42(29-54(39,9)10)75-77(66,67)71-31-41(57)49-47(61)50(70-14-2)53(65)73-49/h15-28,41-44,49,57-58,61-63H,13-14,29-32H2,1-12H3,(H,66,67)(H,68,69)/b16-15+,21-17+,22-18+,27-25+,28-26+,33-19+,34-20+,35-23+,36-24+/t41-,42?,43?,44-,49+,56+/m0/s1. The summed E-state index contributed by atoms with van der Waals surface area (Å²) in [5.74, 6) is -6.49. The molecule has 8 atom stereocenters. The van der Waals surface area contributed by atoms with Crippen LogP contribution >= 0.6 is 15.6 Å². The topological polar surface area (TPSA) is 309 Å². The molecule has 4 aliphatic rings. The molecule has 0 aromatic rings. The molecule has 20 nitrogen and oxygen atoms in total. The van der Waals surface area contributed by atoms with Gasteiger partial charge in [0.25, 0.3) is 0 Å². The van der Waals surface area contributed by atoms with Crippen LogP contribution in [0.4, 0.5) is 0 Å². The predicted molar refractivity (Wildman–Crippen MR) is 289 cm³/mol. The highest BCUT2D eigenvalue weighted by molar-refractivity contribution is 7.47. The van der Waals surface area contributed by atoms with Crippen molar-refractivity contribution in [1.82, 2.24) is 0 Å². The predicted octanol–water partition coefficient (Wildman–Crippen LogP) is 9.67. The number of phosphoric ester groups is 2. The maximum atomic E-state index is 13.4. The first-order valence-corrected chi connectivity index (χ1v) is 28.1. The Morgan fingerprint density at radius 1 is 0.667 bits per heavy atom. The molecule has 0 spiro atoms. The fraction of sp³-hybridized carbons (Fsp3) is 0.464. The maximum Gasteiger partial charge on any atom is 0.472 e. The number of carbonyl (C=O) groups excluding carboxylic acids is 4. The summed E-state index contributed by atoms with van der Waals surface area (Å²) in [6.07, 6.45) is 18.6. The normalized spacial score (nSPS) is 26.4. The number of carbonyl (C=O) groups is 4. The summed E-state index contributed by atoms with van der Waals surface area (Å²) in [6, 6.07) is 0. The van der Waals surface area contributed by atoms with Gasteiger partial charge in [0.1, 0.15) is 24.4 Å². The number of aliphatic hydroxyl groups excluding tert-OH is 5. The molecular formula is C56H74O20P2. The van der Waals surface area contributed by atoms with E-state index in [1.807, 2.05) is 140 Å². The minimum atomic E-state index is -4.97. The monoisotopic (exact) mass is 1130 g/mol. The SMILES string of the molecule is CCOC1=C(O)[C@@H]([C@@H](O)COP(=O)(O)OC2CC(C)(C)C(/C=C/C(C)=C/C=C/C(C)=C/C=C/C=C(C)/C=C/C=C(C)/C=C/C3=C(C)C(=O)C(OP(=O)(O)OC[C@H](O)[C@@]4(CC)OC(=O)C(O)=C4O)CC3(C)C)=C(C)C2=O)OC1=O. The first kappa shape index (κ1) is 64.8. The Morgan fingerprint density at radius 2 is 1.09 bits per heavy atom. The van der Waals surface area contributed by atoms with Crippen LogP contribution in [0.5, 0.6) is 0 Å². The van der Waals surface area contributed by atoms with Gasteiger partial charge in [0, 0.05) is 0 Å². The van der Waals surface area contributed by atoms with E-state index in [9.17, 15) is 63.6 Å². The smallest absolute Gasteiger partial charge is 0.472 e. The number of Topliss-reactive ketones (excluding diaryl/α,β-unsaturated/α-hetero) is 2. The van der Waals surface area contributed by atoms with Crippen molar-refractivity contribution in [3.05, 3.63) is 153 Å². The Balaban J connectivity index is 1.27. The molecule has 428 valence electrons. The second kappa shape index (κ2) is 26.9. The Labute approximate surface area is 455 Å². The summed E-state index contributed by atoms with van der Waals surface area (Å²) >= 11 is 0. The van der Waals surface area contributed by atoms with Crippen LogP contribution in [0.1, 0.15) is 102 Å². The van der Waals surface area contributed by atoms with Crippen LogP contribution in [-0.4, -0.2) is 115 Å². The third-order valence-electron chi connectivity index (χ3n) is 13.3. The number of aliphatic hydroxyl groups is 5. The van der Waals surface area contributed by atoms with E-state index in [1.165, 1.54) is 6.92 Å². The Hall–Kier alpha value is -5.76. The molecule has 2 aliphatic heterocycles. The average Bonchev–Trinajstić information content (AvgIpc) is 3.79. The third kappa shape index (κ3) is 16.6.